The fraction of sp³-hybridized carbons (Fsp3) is 0.400. The van der Waals surface area contributed by atoms with Crippen molar-refractivity contribution < 1.29 is 4.79 Å². The van der Waals surface area contributed by atoms with E-state index in [-0.39, 0.29) is 6.03 Å². The maximum absolute atomic E-state index is 12.8. The lowest BCUT2D eigenvalue weighted by Crippen LogP contribution is -2.45. The number of aryl methyl sites for hydroxylation is 1. The van der Waals surface area contributed by atoms with Crippen LogP contribution in [-0.2, 0) is 6.54 Å². The maximum atomic E-state index is 12.8. The number of aliphatic imine (C=N–C) groups is 1. The van der Waals surface area contributed by atoms with Crippen LogP contribution in [-0.4, -0.2) is 48.9 Å². The summed E-state index contributed by atoms with van der Waals surface area (Å²) in [5, 5.41) is 6.88. The van der Waals surface area contributed by atoms with E-state index in [0.29, 0.717) is 25.5 Å². The van der Waals surface area contributed by atoms with E-state index in [2.05, 4.69) is 15.6 Å². The predicted octanol–water partition coefficient (Wildman–Crippen LogP) is 3.49. The normalized spacial score (nSPS) is 15.8. The molecular weight excluding hydrogens is 362 g/mol. The lowest BCUT2D eigenvalue weighted by atomic mass is 10.1. The van der Waals surface area contributed by atoms with E-state index in [1.54, 1.807) is 11.9 Å². The number of carbonyl (C=O) groups is 1. The van der Waals surface area contributed by atoms with E-state index < -0.39 is 0 Å². The van der Waals surface area contributed by atoms with Crippen LogP contribution in [0.15, 0.2) is 46.9 Å². The standard InChI is InChI=1S/C20H28ClN5O/c1-14-11-17(7-8-18(14)21)13-26-12-15(2)19(25(5)20(26)27)24-16(3)23-10-6-9-22-4/h6-9,11,22H,10,12-13H2,1-5H3,(H,23,24)/b9-6+. The molecule has 0 atom stereocenters. The molecule has 0 aliphatic carbocycles. The molecule has 27 heavy (non-hydrogen) atoms. The Bertz CT molecular complexity index is 785. The highest BCUT2D eigenvalue weighted by Gasteiger charge is 2.28. The van der Waals surface area contributed by atoms with Gasteiger partial charge in [-0.3, -0.25) is 4.90 Å². The van der Waals surface area contributed by atoms with Crippen molar-refractivity contribution in [2.45, 2.75) is 27.3 Å². The first-order valence-corrected chi connectivity index (χ1v) is 9.30. The summed E-state index contributed by atoms with van der Waals surface area (Å²) < 4.78 is 0. The molecule has 7 heteroatoms. The van der Waals surface area contributed by atoms with E-state index in [1.165, 1.54) is 0 Å². The van der Waals surface area contributed by atoms with Crippen LogP contribution in [0.4, 0.5) is 4.79 Å². The lowest BCUT2D eigenvalue weighted by Gasteiger charge is -2.34. The van der Waals surface area contributed by atoms with Gasteiger partial charge in [-0.25, -0.2) is 9.79 Å². The van der Waals surface area contributed by atoms with Gasteiger partial charge in [0.05, 0.1) is 0 Å². The summed E-state index contributed by atoms with van der Waals surface area (Å²) in [6, 6.07) is 5.80. The first kappa shape index (κ1) is 20.8. The molecule has 0 fully saturated rings. The van der Waals surface area contributed by atoms with Gasteiger partial charge in [0.2, 0.25) is 0 Å². The monoisotopic (exact) mass is 389 g/mol. The van der Waals surface area contributed by atoms with Crippen molar-refractivity contribution in [1.82, 2.24) is 20.4 Å². The summed E-state index contributed by atoms with van der Waals surface area (Å²) in [4.78, 5) is 20.8. The lowest BCUT2D eigenvalue weighted by molar-refractivity contribution is 0.165. The molecule has 2 amide bonds. The minimum Gasteiger partial charge on any atom is -0.394 e. The molecule has 0 saturated heterocycles. The third-order valence-corrected chi connectivity index (χ3v) is 4.74. The minimum absolute atomic E-state index is 0.0603. The SMILES string of the molecule is CN/C=C/CN/C(C)=N/C1=C(C)CN(Cc2ccc(Cl)c(C)c2)C(=O)N1C. The Morgan fingerprint density at radius 3 is 2.78 bits per heavy atom. The molecule has 1 heterocycles. The van der Waals surface area contributed by atoms with Crippen molar-refractivity contribution in [2.24, 2.45) is 4.99 Å². The van der Waals surface area contributed by atoms with Crippen LogP contribution < -0.4 is 10.6 Å². The smallest absolute Gasteiger partial charge is 0.325 e. The summed E-state index contributed by atoms with van der Waals surface area (Å²) in [6.45, 7) is 7.64. The van der Waals surface area contributed by atoms with Crippen LogP contribution in [0.3, 0.4) is 0 Å². The number of amidine groups is 1. The summed E-state index contributed by atoms with van der Waals surface area (Å²) in [5.74, 6) is 1.47. The molecule has 1 aromatic carbocycles. The summed E-state index contributed by atoms with van der Waals surface area (Å²) >= 11 is 6.10. The van der Waals surface area contributed by atoms with Gasteiger partial charge in [-0.15, -0.1) is 0 Å². The molecule has 1 aliphatic rings. The van der Waals surface area contributed by atoms with E-state index in [9.17, 15) is 4.79 Å². The number of rotatable bonds is 6. The molecule has 0 bridgehead atoms. The second kappa shape index (κ2) is 9.46. The topological polar surface area (TPSA) is 60.0 Å². The molecular formula is C20H28ClN5O. The molecule has 1 aromatic rings. The first-order chi connectivity index (χ1) is 12.8. The van der Waals surface area contributed by atoms with Crippen molar-refractivity contribution in [3.8, 4) is 0 Å². The first-order valence-electron chi connectivity index (χ1n) is 8.92. The summed E-state index contributed by atoms with van der Waals surface area (Å²) in [7, 11) is 3.61. The molecule has 0 unspecified atom stereocenters. The molecule has 2 N–H and O–H groups in total. The molecule has 0 spiro atoms. The van der Waals surface area contributed by atoms with Crippen LogP contribution in [0.1, 0.15) is 25.0 Å². The van der Waals surface area contributed by atoms with Gasteiger partial charge in [0, 0.05) is 38.8 Å². The summed E-state index contributed by atoms with van der Waals surface area (Å²) in [5.41, 5.74) is 3.13. The van der Waals surface area contributed by atoms with Crippen LogP contribution in [0.25, 0.3) is 0 Å². The number of amides is 2. The van der Waals surface area contributed by atoms with Gasteiger partial charge in [0.15, 0.2) is 0 Å². The van der Waals surface area contributed by atoms with Gasteiger partial charge in [0.25, 0.3) is 0 Å². The van der Waals surface area contributed by atoms with E-state index >= 15 is 0 Å². The Morgan fingerprint density at radius 1 is 1.37 bits per heavy atom. The molecule has 0 aromatic heterocycles. The van der Waals surface area contributed by atoms with Crippen molar-refractivity contribution in [3.63, 3.8) is 0 Å². The number of hydrogen-bond donors (Lipinski definition) is 2. The van der Waals surface area contributed by atoms with Crippen molar-refractivity contribution in [2.75, 3.05) is 27.2 Å². The zero-order valence-corrected chi connectivity index (χ0v) is 17.4. The second-order valence-corrected chi connectivity index (χ2v) is 7.06. The van der Waals surface area contributed by atoms with Crippen LogP contribution in [0.5, 0.6) is 0 Å². The van der Waals surface area contributed by atoms with Crippen molar-refractivity contribution >= 4 is 23.5 Å². The van der Waals surface area contributed by atoms with Crippen LogP contribution in [0, 0.1) is 6.92 Å². The highest BCUT2D eigenvalue weighted by molar-refractivity contribution is 6.31. The van der Waals surface area contributed by atoms with Gasteiger partial charge in [0.1, 0.15) is 11.7 Å². The minimum atomic E-state index is -0.0603. The highest BCUT2D eigenvalue weighted by atomic mass is 35.5. The number of nitrogens with zero attached hydrogens (tertiary/aromatic N) is 3. The van der Waals surface area contributed by atoms with Gasteiger partial charge in [-0.2, -0.15) is 0 Å². The van der Waals surface area contributed by atoms with E-state index in [1.807, 2.05) is 63.2 Å². The van der Waals surface area contributed by atoms with Crippen LogP contribution in [0.2, 0.25) is 5.02 Å². The predicted molar refractivity (Wildman–Crippen MR) is 112 cm³/mol. The van der Waals surface area contributed by atoms with Crippen LogP contribution >= 0.6 is 11.6 Å². The Kier molecular flexibility index (Phi) is 7.30. The van der Waals surface area contributed by atoms with E-state index in [4.69, 9.17) is 11.6 Å². The largest absolute Gasteiger partial charge is 0.394 e. The van der Waals surface area contributed by atoms with Gasteiger partial charge >= 0.3 is 6.03 Å². The summed E-state index contributed by atoms with van der Waals surface area (Å²) in [6.07, 6.45) is 3.82. The highest BCUT2D eigenvalue weighted by Crippen LogP contribution is 2.23. The average Bonchev–Trinajstić information content (AvgIpc) is 2.63. The van der Waals surface area contributed by atoms with Gasteiger partial charge in [-0.1, -0.05) is 23.7 Å². The molecule has 0 radical (unpaired) electrons. The number of benzene rings is 1. The molecule has 1 aliphatic heterocycles. The van der Waals surface area contributed by atoms with Gasteiger partial charge in [-0.05, 0) is 55.8 Å². The number of urea groups is 1. The number of halogens is 1. The second-order valence-electron chi connectivity index (χ2n) is 6.65. The number of hydrogen-bond acceptors (Lipinski definition) is 3. The average molecular weight is 390 g/mol. The van der Waals surface area contributed by atoms with Crippen molar-refractivity contribution in [3.05, 3.63) is 58.0 Å². The number of nitrogens with one attached hydrogen (secondary N) is 2. The quantitative estimate of drug-likeness (QED) is 0.578. The van der Waals surface area contributed by atoms with Gasteiger partial charge < -0.3 is 15.5 Å². The Morgan fingerprint density at radius 2 is 2.11 bits per heavy atom. The third kappa shape index (κ3) is 5.50. The van der Waals surface area contributed by atoms with E-state index in [0.717, 1.165) is 27.6 Å². The number of carbonyl (C=O) groups excluding carboxylic acids is 1. The molecule has 0 saturated carbocycles. The molecule has 6 nitrogen and oxygen atoms in total. The third-order valence-electron chi connectivity index (χ3n) is 4.31. The maximum Gasteiger partial charge on any atom is 0.325 e. The Hall–Kier alpha value is -2.47. The zero-order valence-electron chi connectivity index (χ0n) is 16.6. The molecule has 146 valence electrons. The van der Waals surface area contributed by atoms with Crippen molar-refractivity contribution in [1.29, 1.82) is 0 Å². The fourth-order valence-corrected chi connectivity index (χ4v) is 3.03. The Labute approximate surface area is 166 Å². The Balaban J connectivity index is 2.11. The zero-order chi connectivity index (χ0) is 20.0. The fourth-order valence-electron chi connectivity index (χ4n) is 2.91. The molecule has 2 rings (SSSR count).